The SMILES string of the molecule is C=CC(=C)CC1(CCC=O)COC(C)(C)OC1. The van der Waals surface area contributed by atoms with Gasteiger partial charge in [0.25, 0.3) is 0 Å². The van der Waals surface area contributed by atoms with E-state index in [1.807, 2.05) is 13.8 Å². The second-order valence-electron chi connectivity index (χ2n) is 5.22. The van der Waals surface area contributed by atoms with E-state index < -0.39 is 5.79 Å². The van der Waals surface area contributed by atoms with Crippen molar-refractivity contribution in [3.63, 3.8) is 0 Å². The van der Waals surface area contributed by atoms with E-state index in [9.17, 15) is 4.79 Å². The zero-order valence-corrected chi connectivity index (χ0v) is 10.8. The van der Waals surface area contributed by atoms with Gasteiger partial charge in [0.1, 0.15) is 6.29 Å². The summed E-state index contributed by atoms with van der Waals surface area (Å²) in [6.45, 7) is 12.7. The Morgan fingerprint density at radius 1 is 1.35 bits per heavy atom. The van der Waals surface area contributed by atoms with Gasteiger partial charge in [0, 0.05) is 11.8 Å². The second-order valence-corrected chi connectivity index (χ2v) is 5.22. The molecule has 1 saturated heterocycles. The summed E-state index contributed by atoms with van der Waals surface area (Å²) in [5.74, 6) is -0.528. The quantitative estimate of drug-likeness (QED) is 0.527. The van der Waals surface area contributed by atoms with Gasteiger partial charge < -0.3 is 14.3 Å². The van der Waals surface area contributed by atoms with E-state index in [0.717, 1.165) is 24.7 Å². The first kappa shape index (κ1) is 14.1. The minimum atomic E-state index is -0.528. The van der Waals surface area contributed by atoms with Gasteiger partial charge in [-0.05, 0) is 26.7 Å². The van der Waals surface area contributed by atoms with E-state index in [4.69, 9.17) is 9.47 Å². The standard InChI is InChI=1S/C14H22O3/c1-5-12(2)9-14(7-6-8-15)10-16-13(3,4)17-11-14/h5,8H,1-2,6-7,9-11H2,3-4H3. The molecule has 96 valence electrons. The van der Waals surface area contributed by atoms with E-state index in [1.54, 1.807) is 6.08 Å². The highest BCUT2D eigenvalue weighted by Crippen LogP contribution is 2.38. The molecule has 0 N–H and O–H groups in total. The molecule has 0 radical (unpaired) electrons. The molecule has 17 heavy (non-hydrogen) atoms. The molecular formula is C14H22O3. The predicted molar refractivity (Wildman–Crippen MR) is 67.7 cm³/mol. The van der Waals surface area contributed by atoms with Crippen LogP contribution in [0, 0.1) is 5.41 Å². The van der Waals surface area contributed by atoms with Gasteiger partial charge in [-0.15, -0.1) is 0 Å². The van der Waals surface area contributed by atoms with Crippen LogP contribution < -0.4 is 0 Å². The van der Waals surface area contributed by atoms with E-state index in [0.29, 0.717) is 19.6 Å². The highest BCUT2D eigenvalue weighted by atomic mass is 16.7. The number of carbonyl (C=O) groups is 1. The van der Waals surface area contributed by atoms with E-state index in [1.165, 1.54) is 0 Å². The van der Waals surface area contributed by atoms with Crippen molar-refractivity contribution in [2.75, 3.05) is 13.2 Å². The molecule has 1 aliphatic rings. The van der Waals surface area contributed by atoms with Crippen LogP contribution in [0.5, 0.6) is 0 Å². The lowest BCUT2D eigenvalue weighted by Gasteiger charge is -2.43. The van der Waals surface area contributed by atoms with Crippen LogP contribution in [0.15, 0.2) is 24.8 Å². The molecule has 3 heteroatoms. The van der Waals surface area contributed by atoms with Crippen LogP contribution in [0.2, 0.25) is 0 Å². The van der Waals surface area contributed by atoms with Gasteiger partial charge in [-0.2, -0.15) is 0 Å². The van der Waals surface area contributed by atoms with Crippen molar-refractivity contribution in [1.29, 1.82) is 0 Å². The van der Waals surface area contributed by atoms with Crippen molar-refractivity contribution in [2.45, 2.75) is 38.9 Å². The predicted octanol–water partition coefficient (Wildman–Crippen LogP) is 2.87. The van der Waals surface area contributed by atoms with Gasteiger partial charge in [0.05, 0.1) is 13.2 Å². The van der Waals surface area contributed by atoms with Crippen molar-refractivity contribution in [3.8, 4) is 0 Å². The van der Waals surface area contributed by atoms with E-state index in [2.05, 4.69) is 13.2 Å². The zero-order chi connectivity index (χ0) is 12.9. The Hall–Kier alpha value is -0.930. The van der Waals surface area contributed by atoms with Crippen LogP contribution >= 0.6 is 0 Å². The average molecular weight is 238 g/mol. The van der Waals surface area contributed by atoms with Crippen LogP contribution in [0.1, 0.15) is 33.1 Å². The topological polar surface area (TPSA) is 35.5 Å². The highest BCUT2D eigenvalue weighted by molar-refractivity contribution is 5.49. The molecule has 0 unspecified atom stereocenters. The summed E-state index contributed by atoms with van der Waals surface area (Å²) in [6.07, 6.45) is 4.75. The van der Waals surface area contributed by atoms with Gasteiger partial charge in [-0.25, -0.2) is 0 Å². The molecule has 0 atom stereocenters. The molecule has 0 saturated carbocycles. The summed E-state index contributed by atoms with van der Waals surface area (Å²) in [5.41, 5.74) is 0.824. The molecule has 1 rings (SSSR count). The van der Waals surface area contributed by atoms with Crippen molar-refractivity contribution in [2.24, 2.45) is 5.41 Å². The third-order valence-corrected chi connectivity index (χ3v) is 3.14. The summed E-state index contributed by atoms with van der Waals surface area (Å²) < 4.78 is 11.4. The van der Waals surface area contributed by atoms with Crippen LogP contribution in [0.4, 0.5) is 0 Å². The third-order valence-electron chi connectivity index (χ3n) is 3.14. The first-order valence-corrected chi connectivity index (χ1v) is 5.95. The summed E-state index contributed by atoms with van der Waals surface area (Å²) >= 11 is 0. The van der Waals surface area contributed by atoms with E-state index >= 15 is 0 Å². The minimum absolute atomic E-state index is 0.137. The lowest BCUT2D eigenvalue weighted by molar-refractivity contribution is -0.286. The first-order chi connectivity index (χ1) is 7.93. The Kier molecular flexibility index (Phi) is 4.66. The number of ether oxygens (including phenoxy) is 2. The average Bonchev–Trinajstić information content (AvgIpc) is 2.30. The largest absolute Gasteiger partial charge is 0.350 e. The molecule has 1 fully saturated rings. The Bertz CT molecular complexity index is 295. The van der Waals surface area contributed by atoms with Gasteiger partial charge in [-0.3, -0.25) is 0 Å². The molecule has 1 heterocycles. The molecule has 0 spiro atoms. The van der Waals surface area contributed by atoms with Crippen LogP contribution in [-0.2, 0) is 14.3 Å². The lowest BCUT2D eigenvalue weighted by atomic mass is 9.78. The molecule has 3 nitrogen and oxygen atoms in total. The summed E-state index contributed by atoms with van der Waals surface area (Å²) in [6, 6.07) is 0. The second kappa shape index (κ2) is 5.61. The highest BCUT2D eigenvalue weighted by Gasteiger charge is 2.39. The van der Waals surface area contributed by atoms with Gasteiger partial charge in [-0.1, -0.05) is 24.8 Å². The maximum Gasteiger partial charge on any atom is 0.162 e. The zero-order valence-electron chi connectivity index (χ0n) is 10.8. The van der Waals surface area contributed by atoms with Gasteiger partial charge in [0.2, 0.25) is 0 Å². The van der Waals surface area contributed by atoms with Crippen molar-refractivity contribution in [3.05, 3.63) is 24.8 Å². The van der Waals surface area contributed by atoms with Crippen LogP contribution in [0.25, 0.3) is 0 Å². The normalized spacial score (nSPS) is 21.8. The Morgan fingerprint density at radius 3 is 2.41 bits per heavy atom. The van der Waals surface area contributed by atoms with Crippen molar-refractivity contribution >= 4 is 6.29 Å². The number of hydrogen-bond donors (Lipinski definition) is 0. The smallest absolute Gasteiger partial charge is 0.162 e. The fourth-order valence-electron chi connectivity index (χ4n) is 1.99. The summed E-state index contributed by atoms with van der Waals surface area (Å²) in [4.78, 5) is 10.5. The number of carbonyl (C=O) groups excluding carboxylic acids is 1. The number of aldehydes is 1. The minimum Gasteiger partial charge on any atom is -0.350 e. The fourth-order valence-corrected chi connectivity index (χ4v) is 1.99. The van der Waals surface area contributed by atoms with Gasteiger partial charge in [0.15, 0.2) is 5.79 Å². The van der Waals surface area contributed by atoms with E-state index in [-0.39, 0.29) is 5.41 Å². The molecule has 0 bridgehead atoms. The molecule has 0 aliphatic carbocycles. The summed E-state index contributed by atoms with van der Waals surface area (Å²) in [5, 5.41) is 0. The molecule has 0 aromatic heterocycles. The monoisotopic (exact) mass is 238 g/mol. The third kappa shape index (κ3) is 4.10. The Balaban J connectivity index is 2.70. The molecular weight excluding hydrogens is 216 g/mol. The lowest BCUT2D eigenvalue weighted by Crippen LogP contribution is -2.46. The molecule has 0 aromatic carbocycles. The molecule has 1 aliphatic heterocycles. The first-order valence-electron chi connectivity index (χ1n) is 5.95. The maximum atomic E-state index is 10.5. The summed E-state index contributed by atoms with van der Waals surface area (Å²) in [7, 11) is 0. The molecule has 0 aromatic rings. The maximum absolute atomic E-state index is 10.5. The van der Waals surface area contributed by atoms with Crippen molar-refractivity contribution < 1.29 is 14.3 Å². The number of rotatable bonds is 6. The Labute approximate surface area is 103 Å². The Morgan fingerprint density at radius 2 is 1.94 bits per heavy atom. The fraction of sp³-hybridized carbons (Fsp3) is 0.643. The number of hydrogen-bond acceptors (Lipinski definition) is 3. The molecule has 0 amide bonds. The number of allylic oxidation sites excluding steroid dienone is 2. The van der Waals surface area contributed by atoms with Crippen LogP contribution in [0.3, 0.4) is 0 Å². The van der Waals surface area contributed by atoms with Crippen molar-refractivity contribution in [1.82, 2.24) is 0 Å². The van der Waals surface area contributed by atoms with Gasteiger partial charge >= 0.3 is 0 Å². The van der Waals surface area contributed by atoms with Crippen LogP contribution in [-0.4, -0.2) is 25.3 Å².